The second-order valence-corrected chi connectivity index (χ2v) is 8.18. The van der Waals surface area contributed by atoms with Gasteiger partial charge in [0.05, 0.1) is 28.5 Å². The quantitative estimate of drug-likeness (QED) is 0.485. The fourth-order valence-electron chi connectivity index (χ4n) is 2.38. The second-order valence-electron chi connectivity index (χ2n) is 6.58. The molecule has 0 aliphatic rings. The van der Waals surface area contributed by atoms with E-state index in [0.29, 0.717) is 26.6 Å². The van der Waals surface area contributed by atoms with Gasteiger partial charge in [0.15, 0.2) is 5.15 Å². The standard InChI is InChI=1S/C17H16BrCl2N3O3/c1-17(2,3)26-16(24)22(9-10-5-4-6-25-10)12-8-14(19)21-23-13(12)7-11(18)15(23)20/h4-8H,9H2,1-3H3. The number of fused-ring (bicyclic) bond motifs is 1. The summed E-state index contributed by atoms with van der Waals surface area (Å²) in [5, 5.41) is 4.73. The summed E-state index contributed by atoms with van der Waals surface area (Å²) < 4.78 is 13.1. The van der Waals surface area contributed by atoms with Crippen LogP contribution in [0.3, 0.4) is 0 Å². The van der Waals surface area contributed by atoms with Gasteiger partial charge in [0, 0.05) is 6.07 Å². The predicted molar refractivity (Wildman–Crippen MR) is 104 cm³/mol. The Bertz CT molecular complexity index is 948. The third kappa shape index (κ3) is 4.00. The average Bonchev–Trinajstić information content (AvgIpc) is 3.13. The Morgan fingerprint density at radius 1 is 1.38 bits per heavy atom. The number of hydrogen-bond acceptors (Lipinski definition) is 4. The van der Waals surface area contributed by atoms with Crippen molar-refractivity contribution in [3.05, 3.63) is 51.1 Å². The third-order valence-electron chi connectivity index (χ3n) is 3.39. The number of anilines is 1. The normalized spacial score (nSPS) is 11.8. The van der Waals surface area contributed by atoms with E-state index in [-0.39, 0.29) is 11.7 Å². The maximum absolute atomic E-state index is 12.9. The number of rotatable bonds is 3. The lowest BCUT2D eigenvalue weighted by molar-refractivity contribution is 0.0575. The number of nitrogens with zero attached hydrogens (tertiary/aromatic N) is 3. The molecule has 3 aromatic heterocycles. The molecule has 0 aliphatic heterocycles. The number of ether oxygens (including phenoxy) is 1. The van der Waals surface area contributed by atoms with Crippen LogP contribution in [-0.2, 0) is 11.3 Å². The van der Waals surface area contributed by atoms with Crippen molar-refractivity contribution in [1.82, 2.24) is 9.61 Å². The van der Waals surface area contributed by atoms with E-state index < -0.39 is 11.7 Å². The van der Waals surface area contributed by atoms with Crippen LogP contribution in [-0.4, -0.2) is 21.3 Å². The molecular weight excluding hydrogens is 445 g/mol. The number of carbonyl (C=O) groups is 1. The minimum absolute atomic E-state index is 0.165. The molecule has 0 unspecified atom stereocenters. The van der Waals surface area contributed by atoms with Gasteiger partial charge in [-0.05, 0) is 54.9 Å². The van der Waals surface area contributed by atoms with Gasteiger partial charge >= 0.3 is 6.09 Å². The van der Waals surface area contributed by atoms with Crippen LogP contribution in [0.25, 0.3) is 5.52 Å². The molecule has 138 valence electrons. The molecule has 0 aliphatic carbocycles. The van der Waals surface area contributed by atoms with Crippen molar-refractivity contribution in [2.24, 2.45) is 0 Å². The van der Waals surface area contributed by atoms with Gasteiger partial charge in [-0.2, -0.15) is 5.10 Å². The fourth-order valence-corrected chi connectivity index (χ4v) is 3.13. The molecule has 0 fully saturated rings. The van der Waals surface area contributed by atoms with Gasteiger partial charge in [0.2, 0.25) is 0 Å². The maximum Gasteiger partial charge on any atom is 0.415 e. The topological polar surface area (TPSA) is 60.0 Å². The number of furan rings is 1. The van der Waals surface area contributed by atoms with E-state index in [4.69, 9.17) is 32.4 Å². The molecule has 1 amide bonds. The van der Waals surface area contributed by atoms with Crippen LogP contribution in [0, 0.1) is 0 Å². The molecule has 0 spiro atoms. The summed E-state index contributed by atoms with van der Waals surface area (Å²) in [5.74, 6) is 0.596. The lowest BCUT2D eigenvalue weighted by Gasteiger charge is -2.27. The van der Waals surface area contributed by atoms with Gasteiger partial charge in [0.1, 0.15) is 16.5 Å². The van der Waals surface area contributed by atoms with Gasteiger partial charge in [-0.3, -0.25) is 4.90 Å². The number of aromatic nitrogens is 2. The van der Waals surface area contributed by atoms with Crippen LogP contribution in [0.4, 0.5) is 10.5 Å². The van der Waals surface area contributed by atoms with Crippen LogP contribution in [0.5, 0.6) is 0 Å². The number of carbonyl (C=O) groups excluding carboxylic acids is 1. The summed E-state index contributed by atoms with van der Waals surface area (Å²) in [4.78, 5) is 14.3. The minimum atomic E-state index is -0.661. The first-order chi connectivity index (χ1) is 12.2. The molecule has 0 radical (unpaired) electrons. The highest BCUT2D eigenvalue weighted by Gasteiger charge is 2.27. The third-order valence-corrected chi connectivity index (χ3v) is 4.77. The second kappa shape index (κ2) is 7.13. The summed E-state index contributed by atoms with van der Waals surface area (Å²) in [6, 6.07) is 6.88. The van der Waals surface area contributed by atoms with Crippen LogP contribution in [0.2, 0.25) is 10.3 Å². The summed E-state index contributed by atoms with van der Waals surface area (Å²) in [5.41, 5.74) is 0.443. The molecule has 0 saturated carbocycles. The first-order valence-corrected chi connectivity index (χ1v) is 9.27. The van der Waals surface area contributed by atoms with E-state index in [1.807, 2.05) is 0 Å². The minimum Gasteiger partial charge on any atom is -0.467 e. The lowest BCUT2D eigenvalue weighted by atomic mass is 10.2. The SMILES string of the molecule is CC(C)(C)OC(=O)N(Cc1ccco1)c1cc(Cl)nn2c(Cl)c(Br)cc12. The largest absolute Gasteiger partial charge is 0.467 e. The van der Waals surface area contributed by atoms with Crippen molar-refractivity contribution in [2.45, 2.75) is 32.9 Å². The Kier molecular flexibility index (Phi) is 5.23. The molecule has 0 aromatic carbocycles. The van der Waals surface area contributed by atoms with Crippen LogP contribution >= 0.6 is 39.1 Å². The van der Waals surface area contributed by atoms with Crippen molar-refractivity contribution in [3.8, 4) is 0 Å². The van der Waals surface area contributed by atoms with E-state index in [0.717, 1.165) is 0 Å². The van der Waals surface area contributed by atoms with E-state index in [9.17, 15) is 4.79 Å². The highest BCUT2D eigenvalue weighted by Crippen LogP contribution is 2.34. The molecule has 0 saturated heterocycles. The average molecular weight is 461 g/mol. The van der Waals surface area contributed by atoms with Crippen LogP contribution < -0.4 is 4.90 Å². The maximum atomic E-state index is 12.9. The molecule has 0 N–H and O–H groups in total. The van der Waals surface area contributed by atoms with Gasteiger partial charge in [-0.1, -0.05) is 23.2 Å². The molecule has 6 nitrogen and oxygen atoms in total. The number of halogens is 3. The first kappa shape index (κ1) is 19.1. The molecule has 3 aromatic rings. The van der Waals surface area contributed by atoms with Crippen molar-refractivity contribution < 1.29 is 13.9 Å². The van der Waals surface area contributed by atoms with Crippen molar-refractivity contribution in [2.75, 3.05) is 4.90 Å². The van der Waals surface area contributed by atoms with Gasteiger partial charge in [-0.25, -0.2) is 9.31 Å². The van der Waals surface area contributed by atoms with Crippen LogP contribution in [0.15, 0.2) is 39.4 Å². The van der Waals surface area contributed by atoms with Gasteiger partial charge in [0.25, 0.3) is 0 Å². The Hall–Kier alpha value is -1.70. The van der Waals surface area contributed by atoms with Crippen molar-refractivity contribution in [3.63, 3.8) is 0 Å². The highest BCUT2D eigenvalue weighted by molar-refractivity contribution is 9.10. The lowest BCUT2D eigenvalue weighted by Crippen LogP contribution is -2.36. The summed E-state index contributed by atoms with van der Waals surface area (Å²) in [6.07, 6.45) is 1.01. The monoisotopic (exact) mass is 459 g/mol. The number of amides is 1. The van der Waals surface area contributed by atoms with E-state index in [1.54, 1.807) is 51.3 Å². The van der Waals surface area contributed by atoms with E-state index in [1.165, 1.54) is 9.42 Å². The summed E-state index contributed by atoms with van der Waals surface area (Å²) in [6.45, 7) is 5.57. The van der Waals surface area contributed by atoms with Crippen molar-refractivity contribution >= 4 is 56.4 Å². The zero-order chi connectivity index (χ0) is 19.1. The highest BCUT2D eigenvalue weighted by atomic mass is 79.9. The zero-order valence-corrected chi connectivity index (χ0v) is 17.4. The van der Waals surface area contributed by atoms with Gasteiger partial charge in [-0.15, -0.1) is 0 Å². The molecule has 0 bridgehead atoms. The molecule has 0 atom stereocenters. The number of hydrogen-bond donors (Lipinski definition) is 0. The molecule has 9 heteroatoms. The summed E-state index contributed by atoms with van der Waals surface area (Å²) >= 11 is 15.8. The molecule has 26 heavy (non-hydrogen) atoms. The molecule has 3 heterocycles. The Labute approximate surface area is 168 Å². The van der Waals surface area contributed by atoms with Crippen LogP contribution in [0.1, 0.15) is 26.5 Å². The summed E-state index contributed by atoms with van der Waals surface area (Å²) in [7, 11) is 0. The van der Waals surface area contributed by atoms with E-state index in [2.05, 4.69) is 21.0 Å². The Balaban J connectivity index is 2.13. The zero-order valence-electron chi connectivity index (χ0n) is 14.3. The molecule has 3 rings (SSSR count). The Morgan fingerprint density at radius 3 is 2.73 bits per heavy atom. The van der Waals surface area contributed by atoms with E-state index >= 15 is 0 Å². The van der Waals surface area contributed by atoms with Gasteiger partial charge < -0.3 is 9.15 Å². The smallest absolute Gasteiger partial charge is 0.415 e. The molecular formula is C17H16BrCl2N3O3. The predicted octanol–water partition coefficient (Wildman–Crippen LogP) is 5.94. The van der Waals surface area contributed by atoms with Crippen molar-refractivity contribution in [1.29, 1.82) is 0 Å². The Morgan fingerprint density at radius 2 is 2.12 bits per heavy atom. The fraction of sp³-hybridized carbons (Fsp3) is 0.294. The first-order valence-electron chi connectivity index (χ1n) is 7.72.